The molecule has 1 heterocycles. The fourth-order valence-electron chi connectivity index (χ4n) is 0.895. The van der Waals surface area contributed by atoms with E-state index in [1.165, 1.54) is 13.0 Å². The largest absolute Gasteiger partial charge is 0.478 e. The van der Waals surface area contributed by atoms with Crippen molar-refractivity contribution in [3.63, 3.8) is 0 Å². The number of hydrogen-bond donors (Lipinski definition) is 3. The van der Waals surface area contributed by atoms with Gasteiger partial charge in [-0.3, -0.25) is 10.1 Å². The van der Waals surface area contributed by atoms with Crippen LogP contribution in [0.1, 0.15) is 13.8 Å². The number of carboxylic acids is 1. The number of primary amides is 1. The van der Waals surface area contributed by atoms with Crippen molar-refractivity contribution in [2.75, 3.05) is 5.32 Å². The number of amides is 2. The Morgan fingerprint density at radius 1 is 1.58 bits per heavy atom. The third kappa shape index (κ3) is 6.61. The highest BCUT2D eigenvalue weighted by Gasteiger charge is 2.02. The first-order valence-electron chi connectivity index (χ1n) is 5.30. The topological polar surface area (TPSA) is 127 Å². The highest BCUT2D eigenvalue weighted by molar-refractivity contribution is 5.85. The predicted octanol–water partition coefficient (Wildman–Crippen LogP) is 0.401. The molecule has 8 heteroatoms. The number of carbonyl (C=O) groups excluding carboxylic acids is 1. The van der Waals surface area contributed by atoms with Gasteiger partial charge in [-0.1, -0.05) is 6.58 Å². The smallest absolute Gasteiger partial charge is 0.330 e. The summed E-state index contributed by atoms with van der Waals surface area (Å²) in [7, 11) is 0. The predicted molar refractivity (Wildman–Crippen MR) is 69.8 cm³/mol. The van der Waals surface area contributed by atoms with Gasteiger partial charge in [-0.2, -0.15) is 4.98 Å². The third-order valence-corrected chi connectivity index (χ3v) is 1.83. The van der Waals surface area contributed by atoms with Crippen LogP contribution in [0.25, 0.3) is 0 Å². The Bertz CT molecular complexity index is 524. The SMILES string of the molecule is C=C(C)C(=O)O.CCn1ccc(=O)nc1NC(N)=O. The molecule has 1 rings (SSSR count). The molecule has 0 aliphatic carbocycles. The molecule has 0 aromatic carbocycles. The highest BCUT2D eigenvalue weighted by Crippen LogP contribution is 1.98. The van der Waals surface area contributed by atoms with Gasteiger partial charge in [0.25, 0.3) is 5.56 Å². The van der Waals surface area contributed by atoms with Gasteiger partial charge in [-0.15, -0.1) is 0 Å². The Kier molecular flexibility index (Phi) is 6.58. The van der Waals surface area contributed by atoms with Crippen LogP contribution in [0.15, 0.2) is 29.2 Å². The van der Waals surface area contributed by atoms with Crippen molar-refractivity contribution in [2.45, 2.75) is 20.4 Å². The second kappa shape index (κ2) is 7.64. The van der Waals surface area contributed by atoms with E-state index >= 15 is 0 Å². The van der Waals surface area contributed by atoms with Crippen LogP contribution in [0.5, 0.6) is 0 Å². The summed E-state index contributed by atoms with van der Waals surface area (Å²) in [5, 5.41) is 10.1. The van der Waals surface area contributed by atoms with Gasteiger partial charge in [0.2, 0.25) is 5.95 Å². The van der Waals surface area contributed by atoms with Crippen molar-refractivity contribution in [2.24, 2.45) is 5.73 Å². The molecule has 0 unspecified atom stereocenters. The number of carboxylic acid groups (broad SMARTS) is 1. The fraction of sp³-hybridized carbons (Fsp3) is 0.273. The number of rotatable bonds is 3. The lowest BCUT2D eigenvalue weighted by Gasteiger charge is -2.08. The number of nitrogens with one attached hydrogen (secondary N) is 1. The summed E-state index contributed by atoms with van der Waals surface area (Å²) in [5.74, 6) is -0.766. The zero-order valence-corrected chi connectivity index (χ0v) is 10.7. The maximum Gasteiger partial charge on any atom is 0.330 e. The molecule has 0 saturated carbocycles. The molecule has 0 radical (unpaired) electrons. The number of hydrogen-bond acceptors (Lipinski definition) is 4. The summed E-state index contributed by atoms with van der Waals surface area (Å²) in [6.45, 7) is 7.06. The molecule has 1 aromatic heterocycles. The second-order valence-corrected chi connectivity index (χ2v) is 3.45. The average molecular weight is 268 g/mol. The van der Waals surface area contributed by atoms with Crippen LogP contribution in [0.2, 0.25) is 0 Å². The molecule has 8 nitrogen and oxygen atoms in total. The molecule has 0 atom stereocenters. The van der Waals surface area contributed by atoms with Crippen LogP contribution in [0.4, 0.5) is 10.7 Å². The monoisotopic (exact) mass is 268 g/mol. The summed E-state index contributed by atoms with van der Waals surface area (Å²) >= 11 is 0. The summed E-state index contributed by atoms with van der Waals surface area (Å²) in [6, 6.07) is 0.579. The standard InChI is InChI=1S/C7H10N4O2.C4H6O2/c1-2-11-4-3-5(12)9-7(11)10-6(8)13;1-3(2)4(5)6/h3-4H,2H2,1H3,(H3,8,9,10,12,13);1H2,2H3,(H,5,6). The summed E-state index contributed by atoms with van der Waals surface area (Å²) in [6.07, 6.45) is 1.54. The number of anilines is 1. The minimum Gasteiger partial charge on any atom is -0.478 e. The normalized spacial score (nSPS) is 8.95. The van der Waals surface area contributed by atoms with Crippen LogP contribution >= 0.6 is 0 Å². The second-order valence-electron chi connectivity index (χ2n) is 3.45. The molecule has 0 aliphatic heterocycles. The summed E-state index contributed by atoms with van der Waals surface area (Å²) < 4.78 is 1.60. The first kappa shape index (κ1) is 16.4. The van der Waals surface area contributed by atoms with Crippen molar-refractivity contribution in [1.82, 2.24) is 9.55 Å². The maximum absolute atomic E-state index is 10.8. The van der Waals surface area contributed by atoms with E-state index in [1.807, 2.05) is 6.92 Å². The zero-order valence-electron chi connectivity index (χ0n) is 10.7. The van der Waals surface area contributed by atoms with Crippen LogP contribution in [0.3, 0.4) is 0 Å². The van der Waals surface area contributed by atoms with Gasteiger partial charge in [0, 0.05) is 24.4 Å². The van der Waals surface area contributed by atoms with Crippen molar-refractivity contribution >= 4 is 17.9 Å². The van der Waals surface area contributed by atoms with Gasteiger partial charge in [0.1, 0.15) is 0 Å². The van der Waals surface area contributed by atoms with Crippen molar-refractivity contribution < 1.29 is 14.7 Å². The van der Waals surface area contributed by atoms with Gasteiger partial charge in [0.05, 0.1) is 0 Å². The molecule has 2 amide bonds. The average Bonchev–Trinajstić information content (AvgIpc) is 2.29. The molecule has 4 N–H and O–H groups in total. The van der Waals surface area contributed by atoms with E-state index in [2.05, 4.69) is 16.9 Å². The van der Waals surface area contributed by atoms with E-state index in [0.717, 1.165) is 0 Å². The Morgan fingerprint density at radius 2 is 2.11 bits per heavy atom. The lowest BCUT2D eigenvalue weighted by molar-refractivity contribution is -0.132. The summed E-state index contributed by atoms with van der Waals surface area (Å²) in [4.78, 5) is 34.5. The Labute approximate surface area is 109 Å². The minimum atomic E-state index is -0.935. The van der Waals surface area contributed by atoms with Gasteiger partial charge >= 0.3 is 12.0 Å². The van der Waals surface area contributed by atoms with Gasteiger partial charge in [0.15, 0.2) is 0 Å². The lowest BCUT2D eigenvalue weighted by Crippen LogP contribution is -2.25. The highest BCUT2D eigenvalue weighted by atomic mass is 16.4. The molecule has 0 saturated heterocycles. The molecule has 0 spiro atoms. The Balaban J connectivity index is 0.000000459. The van der Waals surface area contributed by atoms with Crippen LogP contribution in [0, 0.1) is 0 Å². The Hall–Kier alpha value is -2.64. The lowest BCUT2D eigenvalue weighted by atomic mass is 10.4. The van der Waals surface area contributed by atoms with E-state index in [4.69, 9.17) is 10.8 Å². The molecular formula is C11H16N4O4. The molecule has 1 aromatic rings. The third-order valence-electron chi connectivity index (χ3n) is 1.83. The molecule has 104 valence electrons. The van der Waals surface area contributed by atoms with E-state index in [0.29, 0.717) is 6.54 Å². The van der Waals surface area contributed by atoms with Crippen LogP contribution in [-0.4, -0.2) is 26.7 Å². The van der Waals surface area contributed by atoms with Crippen LogP contribution in [-0.2, 0) is 11.3 Å². The zero-order chi connectivity index (χ0) is 15.0. The van der Waals surface area contributed by atoms with Gasteiger partial charge in [-0.05, 0) is 13.8 Å². The van der Waals surface area contributed by atoms with Crippen LogP contribution < -0.4 is 16.6 Å². The van der Waals surface area contributed by atoms with E-state index in [-0.39, 0.29) is 11.5 Å². The quantitative estimate of drug-likeness (QED) is 0.684. The number of aryl methyl sites for hydroxylation is 1. The van der Waals surface area contributed by atoms with E-state index in [9.17, 15) is 14.4 Å². The number of aliphatic carboxylic acids is 1. The minimum absolute atomic E-state index is 0.169. The van der Waals surface area contributed by atoms with E-state index < -0.39 is 17.6 Å². The first-order valence-corrected chi connectivity index (χ1v) is 5.30. The molecule has 19 heavy (non-hydrogen) atoms. The first-order chi connectivity index (χ1) is 8.77. The number of aromatic nitrogens is 2. The number of nitrogens with two attached hydrogens (primary N) is 1. The van der Waals surface area contributed by atoms with E-state index in [1.54, 1.807) is 10.8 Å². The van der Waals surface area contributed by atoms with Crippen molar-refractivity contribution in [3.05, 3.63) is 34.8 Å². The molecule has 0 fully saturated rings. The number of nitrogens with zero attached hydrogens (tertiary/aromatic N) is 2. The van der Waals surface area contributed by atoms with Crippen molar-refractivity contribution in [1.29, 1.82) is 0 Å². The van der Waals surface area contributed by atoms with Gasteiger partial charge in [-0.25, -0.2) is 9.59 Å². The molecule has 0 bridgehead atoms. The Morgan fingerprint density at radius 3 is 2.47 bits per heavy atom. The number of carbonyl (C=O) groups is 2. The fourth-order valence-corrected chi connectivity index (χ4v) is 0.895. The number of urea groups is 1. The molecule has 0 aliphatic rings. The maximum atomic E-state index is 10.8. The summed E-state index contributed by atoms with van der Waals surface area (Å²) in [5.41, 5.74) is 4.66. The van der Waals surface area contributed by atoms with Gasteiger partial charge < -0.3 is 15.4 Å². The molecular weight excluding hydrogens is 252 g/mol. The van der Waals surface area contributed by atoms with Crippen molar-refractivity contribution in [3.8, 4) is 0 Å².